The van der Waals surface area contributed by atoms with Crippen molar-refractivity contribution in [3.05, 3.63) is 35.8 Å². The first-order valence-corrected chi connectivity index (χ1v) is 5.25. The third-order valence-electron chi connectivity index (χ3n) is 3.04. The standard InChI is InChI=1S/C12H12FNO/c13-12-8(10-2-1-6-14-10)3-4-11-9(12)5-7-15-11/h3-5,7,10,14H,1-2,6H2. The van der Waals surface area contributed by atoms with Crippen molar-refractivity contribution in [2.45, 2.75) is 18.9 Å². The molecule has 1 aromatic carbocycles. The van der Waals surface area contributed by atoms with E-state index >= 15 is 0 Å². The summed E-state index contributed by atoms with van der Waals surface area (Å²) in [5, 5.41) is 3.88. The van der Waals surface area contributed by atoms with Crippen LogP contribution in [0, 0.1) is 5.82 Å². The van der Waals surface area contributed by atoms with Crippen LogP contribution >= 0.6 is 0 Å². The number of fused-ring (bicyclic) bond motifs is 1. The van der Waals surface area contributed by atoms with E-state index in [1.165, 1.54) is 6.26 Å². The molecular formula is C12H12FNO. The van der Waals surface area contributed by atoms with Gasteiger partial charge in [-0.1, -0.05) is 6.07 Å². The minimum absolute atomic E-state index is 0.138. The van der Waals surface area contributed by atoms with Gasteiger partial charge in [-0.15, -0.1) is 0 Å². The highest BCUT2D eigenvalue weighted by atomic mass is 19.1. The highest BCUT2D eigenvalue weighted by Crippen LogP contribution is 2.30. The van der Waals surface area contributed by atoms with E-state index in [1.54, 1.807) is 6.07 Å². The van der Waals surface area contributed by atoms with Crippen LogP contribution in [0.2, 0.25) is 0 Å². The van der Waals surface area contributed by atoms with Crippen LogP contribution in [0.1, 0.15) is 24.4 Å². The third-order valence-corrected chi connectivity index (χ3v) is 3.04. The van der Waals surface area contributed by atoms with Crippen molar-refractivity contribution in [1.29, 1.82) is 0 Å². The first-order chi connectivity index (χ1) is 7.36. The molecule has 0 spiro atoms. The molecule has 3 heteroatoms. The topological polar surface area (TPSA) is 25.2 Å². The van der Waals surface area contributed by atoms with E-state index in [4.69, 9.17) is 4.42 Å². The summed E-state index contributed by atoms with van der Waals surface area (Å²) >= 11 is 0. The summed E-state index contributed by atoms with van der Waals surface area (Å²) in [7, 11) is 0. The molecule has 0 bridgehead atoms. The van der Waals surface area contributed by atoms with Crippen molar-refractivity contribution >= 4 is 11.0 Å². The van der Waals surface area contributed by atoms with Gasteiger partial charge in [-0.3, -0.25) is 0 Å². The summed E-state index contributed by atoms with van der Waals surface area (Å²) in [6, 6.07) is 5.52. The molecule has 1 N–H and O–H groups in total. The zero-order valence-electron chi connectivity index (χ0n) is 8.29. The average Bonchev–Trinajstić information content (AvgIpc) is 2.87. The van der Waals surface area contributed by atoms with Crippen LogP contribution in [0.25, 0.3) is 11.0 Å². The van der Waals surface area contributed by atoms with Crippen LogP contribution in [0.15, 0.2) is 28.9 Å². The van der Waals surface area contributed by atoms with Gasteiger partial charge in [-0.05, 0) is 31.5 Å². The van der Waals surface area contributed by atoms with Gasteiger partial charge in [0.1, 0.15) is 11.4 Å². The molecule has 1 saturated heterocycles. The zero-order valence-corrected chi connectivity index (χ0v) is 8.29. The lowest BCUT2D eigenvalue weighted by molar-refractivity contribution is 0.564. The van der Waals surface area contributed by atoms with Crippen LogP contribution in [-0.2, 0) is 0 Å². The van der Waals surface area contributed by atoms with Crippen molar-refractivity contribution in [1.82, 2.24) is 5.32 Å². The van der Waals surface area contributed by atoms with E-state index in [1.807, 2.05) is 12.1 Å². The molecule has 1 fully saturated rings. The minimum Gasteiger partial charge on any atom is -0.464 e. The molecule has 1 aliphatic heterocycles. The Morgan fingerprint density at radius 2 is 2.27 bits per heavy atom. The van der Waals surface area contributed by atoms with Gasteiger partial charge in [-0.25, -0.2) is 4.39 Å². The van der Waals surface area contributed by atoms with E-state index in [9.17, 15) is 4.39 Å². The largest absolute Gasteiger partial charge is 0.464 e. The van der Waals surface area contributed by atoms with Crippen LogP contribution < -0.4 is 5.32 Å². The van der Waals surface area contributed by atoms with Gasteiger partial charge in [0, 0.05) is 11.6 Å². The van der Waals surface area contributed by atoms with Gasteiger partial charge in [0.2, 0.25) is 0 Å². The van der Waals surface area contributed by atoms with Gasteiger partial charge in [0.25, 0.3) is 0 Å². The molecule has 78 valence electrons. The Kier molecular flexibility index (Phi) is 1.99. The quantitative estimate of drug-likeness (QED) is 0.774. The third kappa shape index (κ3) is 1.35. The Morgan fingerprint density at radius 1 is 1.33 bits per heavy atom. The lowest BCUT2D eigenvalue weighted by Gasteiger charge is -2.11. The second-order valence-electron chi connectivity index (χ2n) is 3.95. The lowest BCUT2D eigenvalue weighted by Crippen LogP contribution is -2.14. The molecule has 15 heavy (non-hydrogen) atoms. The molecule has 1 unspecified atom stereocenters. The van der Waals surface area contributed by atoms with Crippen molar-refractivity contribution in [2.24, 2.45) is 0 Å². The molecule has 1 aromatic heterocycles. The molecule has 1 atom stereocenters. The monoisotopic (exact) mass is 205 g/mol. The van der Waals surface area contributed by atoms with Crippen molar-refractivity contribution in [3.8, 4) is 0 Å². The predicted molar refractivity (Wildman–Crippen MR) is 56.1 cm³/mol. The average molecular weight is 205 g/mol. The fourth-order valence-corrected chi connectivity index (χ4v) is 2.24. The summed E-state index contributed by atoms with van der Waals surface area (Å²) in [5.74, 6) is -0.138. The molecular weight excluding hydrogens is 193 g/mol. The van der Waals surface area contributed by atoms with Gasteiger partial charge in [0.15, 0.2) is 0 Å². The van der Waals surface area contributed by atoms with Crippen molar-refractivity contribution in [3.63, 3.8) is 0 Å². The maximum absolute atomic E-state index is 14.1. The number of hydrogen-bond acceptors (Lipinski definition) is 2. The lowest BCUT2D eigenvalue weighted by atomic mass is 10.0. The second kappa shape index (κ2) is 3.35. The number of halogens is 1. The maximum atomic E-state index is 14.1. The van der Waals surface area contributed by atoms with Gasteiger partial charge in [-0.2, -0.15) is 0 Å². The molecule has 0 aliphatic carbocycles. The summed E-state index contributed by atoms with van der Waals surface area (Å²) in [4.78, 5) is 0. The predicted octanol–water partition coefficient (Wildman–Crippen LogP) is 3.00. The number of benzene rings is 1. The molecule has 0 saturated carbocycles. The Bertz CT molecular complexity index is 485. The summed E-state index contributed by atoms with van der Waals surface area (Å²) in [6.07, 6.45) is 3.66. The molecule has 0 amide bonds. The van der Waals surface area contributed by atoms with E-state index < -0.39 is 0 Å². The van der Waals surface area contributed by atoms with E-state index in [2.05, 4.69) is 5.32 Å². The van der Waals surface area contributed by atoms with Gasteiger partial charge < -0.3 is 9.73 Å². The minimum atomic E-state index is -0.138. The Morgan fingerprint density at radius 3 is 3.07 bits per heavy atom. The SMILES string of the molecule is Fc1c(C2CCCN2)ccc2occc12. The molecule has 2 heterocycles. The van der Waals surface area contributed by atoms with Crippen LogP contribution in [0.3, 0.4) is 0 Å². The Balaban J connectivity index is 2.13. The Hall–Kier alpha value is -1.35. The fraction of sp³-hybridized carbons (Fsp3) is 0.333. The normalized spacial score (nSPS) is 21.3. The van der Waals surface area contributed by atoms with Gasteiger partial charge >= 0.3 is 0 Å². The number of rotatable bonds is 1. The Labute approximate surface area is 87.1 Å². The van der Waals surface area contributed by atoms with Crippen LogP contribution in [0.5, 0.6) is 0 Å². The van der Waals surface area contributed by atoms with Crippen LogP contribution in [-0.4, -0.2) is 6.54 Å². The first-order valence-electron chi connectivity index (χ1n) is 5.25. The van der Waals surface area contributed by atoms with E-state index in [0.717, 1.165) is 24.9 Å². The first kappa shape index (κ1) is 8.92. The summed E-state index contributed by atoms with van der Waals surface area (Å²) in [5.41, 5.74) is 1.38. The van der Waals surface area contributed by atoms with Crippen molar-refractivity contribution < 1.29 is 8.81 Å². The fourth-order valence-electron chi connectivity index (χ4n) is 2.24. The molecule has 3 rings (SSSR count). The highest BCUT2D eigenvalue weighted by Gasteiger charge is 2.21. The molecule has 0 radical (unpaired) electrons. The molecule has 2 nitrogen and oxygen atoms in total. The number of furan rings is 1. The van der Waals surface area contributed by atoms with Gasteiger partial charge in [0.05, 0.1) is 11.6 Å². The second-order valence-corrected chi connectivity index (χ2v) is 3.95. The van der Waals surface area contributed by atoms with E-state index in [-0.39, 0.29) is 11.9 Å². The molecule has 2 aromatic rings. The van der Waals surface area contributed by atoms with Crippen molar-refractivity contribution in [2.75, 3.05) is 6.54 Å². The summed E-state index contributed by atoms with van der Waals surface area (Å²) in [6.45, 7) is 0.980. The van der Waals surface area contributed by atoms with Crippen LogP contribution in [0.4, 0.5) is 4.39 Å². The van der Waals surface area contributed by atoms with E-state index in [0.29, 0.717) is 11.0 Å². The number of hydrogen-bond donors (Lipinski definition) is 1. The highest BCUT2D eigenvalue weighted by molar-refractivity contribution is 5.78. The molecule has 1 aliphatic rings. The maximum Gasteiger partial charge on any atom is 0.139 e. The summed E-state index contributed by atoms with van der Waals surface area (Å²) < 4.78 is 19.2. The number of nitrogens with one attached hydrogen (secondary N) is 1. The smallest absolute Gasteiger partial charge is 0.139 e. The zero-order chi connectivity index (χ0) is 10.3.